The van der Waals surface area contributed by atoms with E-state index in [9.17, 15) is 4.79 Å². The number of halogens is 1. The van der Waals surface area contributed by atoms with Crippen LogP contribution in [0.4, 0.5) is 0 Å². The van der Waals surface area contributed by atoms with Crippen LogP contribution in [0.1, 0.15) is 18.4 Å². The number of fused-ring (bicyclic) bond motifs is 1. The smallest absolute Gasteiger partial charge is 0.236 e. The zero-order chi connectivity index (χ0) is 13.4. The van der Waals surface area contributed by atoms with Gasteiger partial charge in [-0.05, 0) is 36.8 Å². The first-order valence-corrected chi connectivity index (χ1v) is 8.56. The van der Waals surface area contributed by atoms with Crippen LogP contribution in [-0.4, -0.2) is 34.5 Å². The molecule has 0 bridgehead atoms. The lowest BCUT2D eigenvalue weighted by Gasteiger charge is -2.35. The predicted molar refractivity (Wildman–Crippen MR) is 82.9 cm³/mol. The lowest BCUT2D eigenvalue weighted by atomic mass is 9.85. The Hall–Kier alpha value is -0.480. The van der Waals surface area contributed by atoms with E-state index in [0.29, 0.717) is 16.7 Å². The van der Waals surface area contributed by atoms with Gasteiger partial charge < -0.3 is 4.90 Å². The van der Waals surface area contributed by atoms with Crippen molar-refractivity contribution in [2.75, 3.05) is 13.6 Å². The Kier molecular flexibility index (Phi) is 3.90. The van der Waals surface area contributed by atoms with Gasteiger partial charge in [-0.15, -0.1) is 11.8 Å². The van der Waals surface area contributed by atoms with Crippen molar-refractivity contribution < 1.29 is 4.79 Å². The molecular weight excluding hydrogens is 322 g/mol. The minimum atomic E-state index is 0.0854. The minimum Gasteiger partial charge on any atom is -0.345 e. The zero-order valence-corrected chi connectivity index (χ0v) is 13.4. The summed E-state index contributed by atoms with van der Waals surface area (Å²) >= 11 is 5.33. The number of hydrogen-bond donors (Lipinski definition) is 0. The molecule has 1 aliphatic heterocycles. The average Bonchev–Trinajstić information content (AvgIpc) is 2.79. The van der Waals surface area contributed by atoms with Crippen LogP contribution in [0.15, 0.2) is 29.2 Å². The van der Waals surface area contributed by atoms with Crippen LogP contribution in [0.25, 0.3) is 0 Å². The number of carbonyl (C=O) groups excluding carboxylic acids is 1. The maximum atomic E-state index is 12.5. The number of amides is 1. The van der Waals surface area contributed by atoms with Crippen molar-refractivity contribution in [3.05, 3.63) is 29.8 Å². The lowest BCUT2D eigenvalue weighted by molar-refractivity contribution is -0.130. The Morgan fingerprint density at radius 3 is 2.84 bits per heavy atom. The van der Waals surface area contributed by atoms with Crippen LogP contribution in [0.3, 0.4) is 0 Å². The van der Waals surface area contributed by atoms with E-state index in [2.05, 4.69) is 34.1 Å². The molecule has 102 valence electrons. The van der Waals surface area contributed by atoms with Crippen molar-refractivity contribution in [1.29, 1.82) is 0 Å². The predicted octanol–water partition coefficient (Wildman–Crippen LogP) is 3.34. The van der Waals surface area contributed by atoms with Gasteiger partial charge in [-0.2, -0.15) is 0 Å². The van der Waals surface area contributed by atoms with Crippen LogP contribution in [0, 0.1) is 5.92 Å². The first-order valence-electron chi connectivity index (χ1n) is 6.77. The van der Waals surface area contributed by atoms with E-state index in [4.69, 9.17) is 0 Å². The van der Waals surface area contributed by atoms with Gasteiger partial charge in [0.05, 0.1) is 5.25 Å². The number of hydrogen-bond acceptors (Lipinski definition) is 2. The third kappa shape index (κ3) is 2.84. The second-order valence-corrected chi connectivity index (χ2v) is 8.11. The van der Waals surface area contributed by atoms with Gasteiger partial charge in [0, 0.05) is 23.3 Å². The minimum absolute atomic E-state index is 0.0854. The highest BCUT2D eigenvalue weighted by atomic mass is 79.9. The molecule has 0 aromatic heterocycles. The van der Waals surface area contributed by atoms with Crippen LogP contribution < -0.4 is 0 Å². The highest BCUT2D eigenvalue weighted by Gasteiger charge is 2.33. The Bertz CT molecular complexity index is 462. The van der Waals surface area contributed by atoms with Gasteiger partial charge >= 0.3 is 0 Å². The summed E-state index contributed by atoms with van der Waals surface area (Å²) in [6.07, 6.45) is 3.29. The van der Waals surface area contributed by atoms with Crippen molar-refractivity contribution >= 4 is 33.6 Å². The number of alkyl halides is 1. The summed E-state index contributed by atoms with van der Waals surface area (Å²) in [6, 6.07) is 8.36. The van der Waals surface area contributed by atoms with E-state index >= 15 is 0 Å². The van der Waals surface area contributed by atoms with Gasteiger partial charge in [0.2, 0.25) is 5.91 Å². The number of benzene rings is 1. The van der Waals surface area contributed by atoms with E-state index in [1.807, 2.05) is 18.0 Å². The molecule has 1 atom stereocenters. The summed E-state index contributed by atoms with van der Waals surface area (Å²) in [4.78, 5) is 16.4. The molecule has 0 saturated heterocycles. The zero-order valence-electron chi connectivity index (χ0n) is 11.0. The molecule has 2 nitrogen and oxygen atoms in total. The Morgan fingerprint density at radius 1 is 1.42 bits per heavy atom. The molecule has 1 amide bonds. The first-order chi connectivity index (χ1) is 9.13. The second-order valence-electron chi connectivity index (χ2n) is 5.57. The molecule has 2 aliphatic rings. The molecule has 0 radical (unpaired) electrons. The number of nitrogens with zero attached hydrogens (tertiary/aromatic N) is 1. The fourth-order valence-electron chi connectivity index (χ4n) is 2.85. The lowest BCUT2D eigenvalue weighted by Crippen LogP contribution is -2.41. The highest BCUT2D eigenvalue weighted by molar-refractivity contribution is 9.09. The summed E-state index contributed by atoms with van der Waals surface area (Å²) in [5, 5.41) is 0.0854. The van der Waals surface area contributed by atoms with E-state index in [1.165, 1.54) is 23.3 Å². The van der Waals surface area contributed by atoms with E-state index in [0.717, 1.165) is 13.0 Å². The summed E-state index contributed by atoms with van der Waals surface area (Å²) in [5.41, 5.74) is 1.32. The number of carbonyl (C=O) groups is 1. The van der Waals surface area contributed by atoms with Gasteiger partial charge in [-0.3, -0.25) is 4.79 Å². The summed E-state index contributed by atoms with van der Waals surface area (Å²) in [6.45, 7) is 0.911. The van der Waals surface area contributed by atoms with Gasteiger partial charge in [-0.1, -0.05) is 34.1 Å². The third-order valence-electron chi connectivity index (χ3n) is 4.01. The molecule has 1 heterocycles. The average molecular weight is 340 g/mol. The normalized spacial score (nSPS) is 28.6. The van der Waals surface area contributed by atoms with Gasteiger partial charge in [0.25, 0.3) is 0 Å². The molecular formula is C15H18BrNOS. The molecule has 4 heteroatoms. The maximum Gasteiger partial charge on any atom is 0.236 e. The fourth-order valence-corrected chi connectivity index (χ4v) is 5.21. The number of rotatable bonds is 3. The fraction of sp³-hybridized carbons (Fsp3) is 0.533. The molecule has 1 saturated carbocycles. The maximum absolute atomic E-state index is 12.5. The molecule has 3 rings (SSSR count). The Labute approximate surface area is 127 Å². The Morgan fingerprint density at radius 2 is 2.16 bits per heavy atom. The van der Waals surface area contributed by atoms with Crippen molar-refractivity contribution in [3.8, 4) is 0 Å². The second kappa shape index (κ2) is 5.49. The monoisotopic (exact) mass is 339 g/mol. The largest absolute Gasteiger partial charge is 0.345 e. The molecule has 19 heavy (non-hydrogen) atoms. The molecule has 1 fully saturated rings. The molecule has 0 N–H and O–H groups in total. The van der Waals surface area contributed by atoms with Gasteiger partial charge in [-0.25, -0.2) is 0 Å². The summed E-state index contributed by atoms with van der Waals surface area (Å²) < 4.78 is 0. The van der Waals surface area contributed by atoms with Gasteiger partial charge in [0.1, 0.15) is 0 Å². The van der Waals surface area contributed by atoms with Crippen molar-refractivity contribution in [2.24, 2.45) is 5.92 Å². The van der Waals surface area contributed by atoms with Crippen LogP contribution >= 0.6 is 27.7 Å². The SMILES string of the molecule is CN(CC1CC(Br)C1)C(=O)C1Cc2ccccc2S1. The molecule has 0 spiro atoms. The van der Waals surface area contributed by atoms with E-state index in [-0.39, 0.29) is 5.25 Å². The molecule has 1 aromatic carbocycles. The van der Waals surface area contributed by atoms with Crippen molar-refractivity contribution in [3.63, 3.8) is 0 Å². The third-order valence-corrected chi connectivity index (χ3v) is 6.06. The first kappa shape index (κ1) is 13.5. The van der Waals surface area contributed by atoms with Crippen molar-refractivity contribution in [2.45, 2.75) is 34.2 Å². The van der Waals surface area contributed by atoms with Crippen LogP contribution in [0.5, 0.6) is 0 Å². The molecule has 1 aliphatic carbocycles. The number of thioether (sulfide) groups is 1. The van der Waals surface area contributed by atoms with E-state index < -0.39 is 0 Å². The standard InChI is InChI=1S/C15H18BrNOS/c1-17(9-10-6-12(16)7-10)15(18)14-8-11-4-2-3-5-13(11)19-14/h2-5,10,12,14H,6-9H2,1H3. The highest BCUT2D eigenvalue weighted by Crippen LogP contribution is 2.38. The molecule has 1 unspecified atom stereocenters. The van der Waals surface area contributed by atoms with Gasteiger partial charge in [0.15, 0.2) is 0 Å². The Balaban J connectivity index is 1.57. The summed E-state index contributed by atoms with van der Waals surface area (Å²) in [5.74, 6) is 0.978. The van der Waals surface area contributed by atoms with Crippen LogP contribution in [0.2, 0.25) is 0 Å². The van der Waals surface area contributed by atoms with Crippen LogP contribution in [-0.2, 0) is 11.2 Å². The van der Waals surface area contributed by atoms with Crippen molar-refractivity contribution in [1.82, 2.24) is 4.90 Å². The quantitative estimate of drug-likeness (QED) is 0.787. The van der Waals surface area contributed by atoms with E-state index in [1.54, 1.807) is 11.8 Å². The topological polar surface area (TPSA) is 20.3 Å². The summed E-state index contributed by atoms with van der Waals surface area (Å²) in [7, 11) is 1.95. The molecule has 1 aromatic rings.